The maximum Gasteiger partial charge on any atom is 0.241 e. The Kier molecular flexibility index (Phi) is 5.35. The Morgan fingerprint density at radius 2 is 1.50 bits per heavy atom. The lowest BCUT2D eigenvalue weighted by molar-refractivity contribution is 0.269. The number of methoxy groups -OCH3 is 1. The van der Waals surface area contributed by atoms with Gasteiger partial charge in [0.1, 0.15) is 5.75 Å². The molecule has 126 valence electrons. The van der Waals surface area contributed by atoms with Gasteiger partial charge in [-0.25, -0.2) is 13.1 Å². The quantitative estimate of drug-likeness (QED) is 0.895. The van der Waals surface area contributed by atoms with Crippen molar-refractivity contribution in [1.82, 2.24) is 4.72 Å². The van der Waals surface area contributed by atoms with Gasteiger partial charge in [-0.1, -0.05) is 20.8 Å². The van der Waals surface area contributed by atoms with Gasteiger partial charge in [-0.15, -0.1) is 0 Å². The topological polar surface area (TPSA) is 55.4 Å². The summed E-state index contributed by atoms with van der Waals surface area (Å²) in [5.41, 5.74) is 0.901. The molecule has 0 aliphatic carbocycles. The molecular formula is C17H29NO3S. The van der Waals surface area contributed by atoms with E-state index in [0.29, 0.717) is 21.8 Å². The van der Waals surface area contributed by atoms with Crippen LogP contribution in [0.15, 0.2) is 17.0 Å². The van der Waals surface area contributed by atoms with Crippen molar-refractivity contribution in [2.45, 2.75) is 65.3 Å². The molecule has 0 saturated heterocycles. The summed E-state index contributed by atoms with van der Waals surface area (Å²) >= 11 is 0. The first-order chi connectivity index (χ1) is 9.77. The smallest absolute Gasteiger partial charge is 0.241 e. The van der Waals surface area contributed by atoms with E-state index in [1.807, 2.05) is 13.8 Å². The normalized spacial score (nSPS) is 13.3. The number of ether oxygens (including phenoxy) is 1. The highest BCUT2D eigenvalue weighted by atomic mass is 32.2. The van der Waals surface area contributed by atoms with Gasteiger partial charge in [-0.2, -0.15) is 0 Å². The number of sulfonamides is 1. The molecule has 0 aliphatic heterocycles. The van der Waals surface area contributed by atoms with Crippen molar-refractivity contribution in [3.63, 3.8) is 0 Å². The van der Waals surface area contributed by atoms with E-state index in [1.165, 1.54) is 0 Å². The largest absolute Gasteiger partial charge is 0.497 e. The van der Waals surface area contributed by atoms with E-state index in [4.69, 9.17) is 4.74 Å². The molecule has 0 atom stereocenters. The van der Waals surface area contributed by atoms with Gasteiger partial charge >= 0.3 is 0 Å². The Morgan fingerprint density at radius 3 is 1.86 bits per heavy atom. The van der Waals surface area contributed by atoms with Crippen LogP contribution in [0.1, 0.15) is 52.2 Å². The van der Waals surface area contributed by atoms with Gasteiger partial charge in [0.15, 0.2) is 0 Å². The van der Waals surface area contributed by atoms with Gasteiger partial charge in [0.25, 0.3) is 0 Å². The molecular weight excluding hydrogens is 298 g/mol. The Labute approximate surface area is 135 Å². The van der Waals surface area contributed by atoms with Crippen molar-refractivity contribution in [2.24, 2.45) is 5.41 Å². The molecule has 1 aromatic carbocycles. The summed E-state index contributed by atoms with van der Waals surface area (Å²) in [6.45, 7) is 13.7. The highest BCUT2D eigenvalue weighted by Gasteiger charge is 2.32. The van der Waals surface area contributed by atoms with E-state index in [-0.39, 0.29) is 5.41 Å². The van der Waals surface area contributed by atoms with Crippen LogP contribution in [-0.2, 0) is 10.0 Å². The second kappa shape index (κ2) is 6.20. The summed E-state index contributed by atoms with van der Waals surface area (Å²) in [4.78, 5) is 0.343. The SMILES string of the molecule is COc1cc(C)c(S(=O)(=O)NC(C)(C)CC(C)(C)C)c(C)c1. The summed E-state index contributed by atoms with van der Waals surface area (Å²) < 4.78 is 33.7. The molecule has 0 aromatic heterocycles. The van der Waals surface area contributed by atoms with Crippen molar-refractivity contribution in [3.8, 4) is 5.75 Å². The van der Waals surface area contributed by atoms with Crippen molar-refractivity contribution in [3.05, 3.63) is 23.3 Å². The highest BCUT2D eigenvalue weighted by molar-refractivity contribution is 7.89. The summed E-state index contributed by atoms with van der Waals surface area (Å²) in [5.74, 6) is 0.669. The average Bonchev–Trinajstić information content (AvgIpc) is 2.21. The second-order valence-corrected chi connectivity index (χ2v) is 9.44. The van der Waals surface area contributed by atoms with Gasteiger partial charge in [0, 0.05) is 5.54 Å². The molecule has 0 amide bonds. The fourth-order valence-corrected chi connectivity index (χ4v) is 5.10. The van der Waals surface area contributed by atoms with E-state index in [0.717, 1.165) is 6.42 Å². The predicted molar refractivity (Wildman–Crippen MR) is 90.9 cm³/mol. The number of aryl methyl sites for hydroxylation is 2. The lowest BCUT2D eigenvalue weighted by Gasteiger charge is -2.33. The molecule has 0 radical (unpaired) electrons. The molecule has 0 bridgehead atoms. The summed E-state index contributed by atoms with van der Waals surface area (Å²) in [7, 11) is -2.01. The average molecular weight is 327 g/mol. The van der Waals surface area contributed by atoms with Crippen LogP contribution in [0.3, 0.4) is 0 Å². The molecule has 0 heterocycles. The first-order valence-electron chi connectivity index (χ1n) is 7.47. The Bertz CT molecular complexity index is 617. The van der Waals surface area contributed by atoms with Gasteiger partial charge in [0.2, 0.25) is 10.0 Å². The van der Waals surface area contributed by atoms with Crippen molar-refractivity contribution in [1.29, 1.82) is 0 Å². The molecule has 4 nitrogen and oxygen atoms in total. The first kappa shape index (κ1) is 19.0. The standard InChI is InChI=1S/C17H29NO3S/c1-12-9-14(21-8)10-13(2)15(12)22(19,20)18-17(6,7)11-16(3,4)5/h9-10,18H,11H2,1-8H3. The second-order valence-electron chi connectivity index (χ2n) is 7.82. The Morgan fingerprint density at radius 1 is 1.05 bits per heavy atom. The van der Waals surface area contributed by atoms with Crippen LogP contribution in [-0.4, -0.2) is 21.1 Å². The summed E-state index contributed by atoms with van der Waals surface area (Å²) in [6, 6.07) is 3.50. The van der Waals surface area contributed by atoms with Gasteiger partial charge in [-0.3, -0.25) is 0 Å². The van der Waals surface area contributed by atoms with Crippen LogP contribution >= 0.6 is 0 Å². The van der Waals surface area contributed by atoms with Crippen LogP contribution in [0, 0.1) is 19.3 Å². The van der Waals surface area contributed by atoms with E-state index in [2.05, 4.69) is 25.5 Å². The molecule has 22 heavy (non-hydrogen) atoms. The molecule has 1 rings (SSSR count). The minimum absolute atomic E-state index is 0.0377. The number of rotatable bonds is 5. The van der Waals surface area contributed by atoms with E-state index in [1.54, 1.807) is 33.1 Å². The molecule has 0 saturated carbocycles. The van der Waals surface area contributed by atoms with E-state index < -0.39 is 15.6 Å². The van der Waals surface area contributed by atoms with Crippen LogP contribution in [0.4, 0.5) is 0 Å². The van der Waals surface area contributed by atoms with Gasteiger partial charge in [-0.05, 0) is 62.8 Å². The maximum absolute atomic E-state index is 12.8. The van der Waals surface area contributed by atoms with Crippen LogP contribution in [0.25, 0.3) is 0 Å². The lowest BCUT2D eigenvalue weighted by atomic mass is 9.82. The molecule has 0 spiro atoms. The third-order valence-electron chi connectivity index (χ3n) is 3.32. The fourth-order valence-electron chi connectivity index (χ4n) is 3.23. The van der Waals surface area contributed by atoms with Crippen molar-refractivity contribution >= 4 is 10.0 Å². The lowest BCUT2D eigenvalue weighted by Crippen LogP contribution is -2.46. The molecule has 1 N–H and O–H groups in total. The molecule has 0 fully saturated rings. The van der Waals surface area contributed by atoms with Crippen molar-refractivity contribution in [2.75, 3.05) is 7.11 Å². The van der Waals surface area contributed by atoms with Crippen molar-refractivity contribution < 1.29 is 13.2 Å². The third kappa shape index (κ3) is 4.99. The van der Waals surface area contributed by atoms with Crippen LogP contribution < -0.4 is 9.46 Å². The van der Waals surface area contributed by atoms with Crippen LogP contribution in [0.5, 0.6) is 5.75 Å². The number of nitrogens with one attached hydrogen (secondary N) is 1. The fraction of sp³-hybridized carbons (Fsp3) is 0.647. The third-order valence-corrected chi connectivity index (χ3v) is 5.32. The van der Waals surface area contributed by atoms with E-state index >= 15 is 0 Å². The molecule has 0 unspecified atom stereocenters. The predicted octanol–water partition coefficient (Wildman–Crippen LogP) is 3.81. The summed E-state index contributed by atoms with van der Waals surface area (Å²) in [5, 5.41) is 0. The minimum Gasteiger partial charge on any atom is -0.497 e. The highest BCUT2D eigenvalue weighted by Crippen LogP contribution is 2.30. The monoisotopic (exact) mass is 327 g/mol. The minimum atomic E-state index is -3.58. The van der Waals surface area contributed by atoms with E-state index in [9.17, 15) is 8.42 Å². The number of hydrogen-bond acceptors (Lipinski definition) is 3. The first-order valence-corrected chi connectivity index (χ1v) is 8.95. The van der Waals surface area contributed by atoms with Gasteiger partial charge in [0.05, 0.1) is 12.0 Å². The zero-order chi connectivity index (χ0) is 17.3. The Balaban J connectivity index is 3.21. The molecule has 0 aliphatic rings. The zero-order valence-electron chi connectivity index (χ0n) is 15.0. The number of benzene rings is 1. The maximum atomic E-state index is 12.8. The van der Waals surface area contributed by atoms with Crippen LogP contribution in [0.2, 0.25) is 0 Å². The molecule has 1 aromatic rings. The number of hydrogen-bond donors (Lipinski definition) is 1. The zero-order valence-corrected chi connectivity index (χ0v) is 15.8. The van der Waals surface area contributed by atoms with Gasteiger partial charge < -0.3 is 4.74 Å². The molecule has 5 heteroatoms. The summed E-state index contributed by atoms with van der Waals surface area (Å²) in [6.07, 6.45) is 0.744. The Hall–Kier alpha value is -1.07.